The lowest BCUT2D eigenvalue weighted by molar-refractivity contribution is -0.150. The number of unbranched alkanes of at least 4 members (excludes halogenated alkanes) is 22. The van der Waals surface area contributed by atoms with E-state index >= 15 is 0 Å². The fraction of sp³-hybridized carbons (Fsp3) is 0.952. The summed E-state index contributed by atoms with van der Waals surface area (Å²) in [5.41, 5.74) is 0. The van der Waals surface area contributed by atoms with Crippen LogP contribution in [0.1, 0.15) is 220 Å². The Morgan fingerprint density at radius 3 is 1.35 bits per heavy atom. The normalized spacial score (nSPS) is 11.5. The van der Waals surface area contributed by atoms with Crippen molar-refractivity contribution in [3.8, 4) is 0 Å². The zero-order valence-corrected chi connectivity index (χ0v) is 32.6. The van der Waals surface area contributed by atoms with Crippen LogP contribution in [0.2, 0.25) is 0 Å². The highest BCUT2D eigenvalue weighted by Crippen LogP contribution is 2.18. The summed E-state index contributed by atoms with van der Waals surface area (Å²) in [4.78, 5) is 27.0. The molecule has 6 heteroatoms. The molecule has 48 heavy (non-hydrogen) atoms. The van der Waals surface area contributed by atoms with Crippen molar-refractivity contribution in [3.63, 3.8) is 0 Å². The number of ether oxygens (including phenoxy) is 2. The number of esters is 2. The summed E-state index contributed by atoms with van der Waals surface area (Å²) in [7, 11) is 0. The molecule has 0 aromatic carbocycles. The molecule has 1 N–H and O–H groups in total. The molecule has 0 saturated carbocycles. The molecule has 0 saturated heterocycles. The molecule has 0 radical (unpaired) electrons. The molecule has 6 nitrogen and oxygen atoms in total. The van der Waals surface area contributed by atoms with Gasteiger partial charge in [0.05, 0.1) is 13.2 Å². The van der Waals surface area contributed by atoms with Crippen LogP contribution in [0, 0.1) is 0 Å². The Labute approximate surface area is 299 Å². The molecule has 0 unspecified atom stereocenters. The number of nitrogens with zero attached hydrogens (tertiary/aromatic N) is 1. The van der Waals surface area contributed by atoms with Gasteiger partial charge in [-0.15, -0.1) is 0 Å². The number of aliphatic hydroxyl groups is 1. The standard InChI is InChI=1S/C42H83NO5/c1-4-7-10-13-16-23-30-39-47-41(45)33-26-19-21-28-35-43(37-38-44)36-29-22-20-27-34-42(46)48-40(31-24-17-14-11-8-5-2)32-25-18-15-12-9-6-3/h40,44H,4-39H2,1-3H3. The quantitative estimate of drug-likeness (QED) is 0.0514. The molecular formula is C42H83NO5. The van der Waals surface area contributed by atoms with E-state index in [-0.39, 0.29) is 24.6 Å². The topological polar surface area (TPSA) is 76.1 Å². The predicted octanol–water partition coefficient (Wildman–Crippen LogP) is 11.9. The van der Waals surface area contributed by atoms with Gasteiger partial charge < -0.3 is 19.5 Å². The van der Waals surface area contributed by atoms with Crippen LogP contribution in [0.25, 0.3) is 0 Å². The van der Waals surface area contributed by atoms with E-state index < -0.39 is 0 Å². The molecule has 0 amide bonds. The van der Waals surface area contributed by atoms with E-state index in [1.807, 2.05) is 0 Å². The third kappa shape index (κ3) is 34.7. The Bertz CT molecular complexity index is 656. The fourth-order valence-corrected chi connectivity index (χ4v) is 6.52. The average Bonchev–Trinajstić information content (AvgIpc) is 3.08. The van der Waals surface area contributed by atoms with Crippen LogP contribution in [0.4, 0.5) is 0 Å². The van der Waals surface area contributed by atoms with Crippen molar-refractivity contribution in [3.05, 3.63) is 0 Å². The molecule has 0 fully saturated rings. The van der Waals surface area contributed by atoms with Crippen LogP contribution in [0.5, 0.6) is 0 Å². The van der Waals surface area contributed by atoms with E-state index in [0.717, 1.165) is 96.7 Å². The molecule has 0 atom stereocenters. The van der Waals surface area contributed by atoms with Crippen molar-refractivity contribution in [1.29, 1.82) is 0 Å². The molecule has 0 aliphatic rings. The van der Waals surface area contributed by atoms with Crippen molar-refractivity contribution in [1.82, 2.24) is 4.90 Å². The maximum absolute atomic E-state index is 12.7. The van der Waals surface area contributed by atoms with Gasteiger partial charge in [0.25, 0.3) is 0 Å². The largest absolute Gasteiger partial charge is 0.466 e. The van der Waals surface area contributed by atoms with Crippen molar-refractivity contribution in [2.24, 2.45) is 0 Å². The van der Waals surface area contributed by atoms with Gasteiger partial charge >= 0.3 is 11.9 Å². The van der Waals surface area contributed by atoms with Crippen LogP contribution in [0.3, 0.4) is 0 Å². The number of carbonyl (C=O) groups is 2. The molecule has 0 rings (SSSR count). The van der Waals surface area contributed by atoms with E-state index in [0.29, 0.717) is 19.4 Å². The smallest absolute Gasteiger partial charge is 0.306 e. The van der Waals surface area contributed by atoms with Gasteiger partial charge in [-0.2, -0.15) is 0 Å². The van der Waals surface area contributed by atoms with Gasteiger partial charge in [-0.3, -0.25) is 9.59 Å². The molecule has 0 aromatic heterocycles. The lowest BCUT2D eigenvalue weighted by atomic mass is 10.0. The SMILES string of the molecule is CCCCCCCCCOC(=O)CCCCCCN(CCO)CCCCCCC(=O)OC(CCCCCCCC)CCCCCCCC. The first-order valence-corrected chi connectivity index (χ1v) is 21.3. The minimum absolute atomic E-state index is 0.000279. The van der Waals surface area contributed by atoms with Gasteiger partial charge in [-0.25, -0.2) is 0 Å². The highest BCUT2D eigenvalue weighted by Gasteiger charge is 2.14. The lowest BCUT2D eigenvalue weighted by Crippen LogP contribution is -2.29. The van der Waals surface area contributed by atoms with E-state index in [2.05, 4.69) is 25.7 Å². The second kappa shape index (κ2) is 38.7. The van der Waals surface area contributed by atoms with Gasteiger partial charge in [-0.1, -0.05) is 149 Å². The zero-order valence-electron chi connectivity index (χ0n) is 32.6. The Balaban J connectivity index is 4.00. The van der Waals surface area contributed by atoms with Gasteiger partial charge in [0.1, 0.15) is 6.10 Å². The van der Waals surface area contributed by atoms with Crippen molar-refractivity contribution < 1.29 is 24.2 Å². The summed E-state index contributed by atoms with van der Waals surface area (Å²) in [6.07, 6.45) is 35.5. The number of carbonyl (C=O) groups excluding carboxylic acids is 2. The molecule has 0 aliphatic heterocycles. The second-order valence-electron chi connectivity index (χ2n) is 14.5. The molecule has 286 valence electrons. The first-order valence-electron chi connectivity index (χ1n) is 21.3. The summed E-state index contributed by atoms with van der Waals surface area (Å²) in [6.45, 7) is 10.2. The third-order valence-corrected chi connectivity index (χ3v) is 9.70. The summed E-state index contributed by atoms with van der Waals surface area (Å²) in [5, 5.41) is 9.53. The van der Waals surface area contributed by atoms with Gasteiger partial charge in [0.2, 0.25) is 0 Å². The highest BCUT2D eigenvalue weighted by molar-refractivity contribution is 5.69. The van der Waals surface area contributed by atoms with Gasteiger partial charge in [-0.05, 0) is 70.9 Å². The second-order valence-corrected chi connectivity index (χ2v) is 14.5. The van der Waals surface area contributed by atoms with Crippen LogP contribution >= 0.6 is 0 Å². The number of hydrogen-bond acceptors (Lipinski definition) is 6. The lowest BCUT2D eigenvalue weighted by Gasteiger charge is -2.21. The van der Waals surface area contributed by atoms with Crippen molar-refractivity contribution in [2.75, 3.05) is 32.8 Å². The molecule has 0 heterocycles. The van der Waals surface area contributed by atoms with E-state index in [9.17, 15) is 14.7 Å². The maximum Gasteiger partial charge on any atom is 0.306 e. The maximum atomic E-state index is 12.7. The van der Waals surface area contributed by atoms with Crippen LogP contribution < -0.4 is 0 Å². The van der Waals surface area contributed by atoms with Crippen LogP contribution in [-0.2, 0) is 19.1 Å². The molecular weight excluding hydrogens is 598 g/mol. The summed E-state index contributed by atoms with van der Waals surface area (Å²) in [6, 6.07) is 0. The molecule has 0 aliphatic carbocycles. The Hall–Kier alpha value is -1.14. The number of aliphatic hydroxyl groups excluding tert-OH is 1. The van der Waals surface area contributed by atoms with Gasteiger partial charge in [0.15, 0.2) is 0 Å². The predicted molar refractivity (Wildman–Crippen MR) is 205 cm³/mol. The minimum atomic E-state index is -0.0442. The first-order chi connectivity index (χ1) is 23.6. The van der Waals surface area contributed by atoms with Crippen LogP contribution in [-0.4, -0.2) is 60.9 Å². The first kappa shape index (κ1) is 46.9. The molecule has 0 spiro atoms. The van der Waals surface area contributed by atoms with Gasteiger partial charge in [0, 0.05) is 19.4 Å². The zero-order chi connectivity index (χ0) is 35.2. The monoisotopic (exact) mass is 682 g/mol. The Kier molecular flexibility index (Phi) is 37.7. The summed E-state index contributed by atoms with van der Waals surface area (Å²) < 4.78 is 11.4. The molecule has 0 bridgehead atoms. The molecule has 0 aromatic rings. The van der Waals surface area contributed by atoms with E-state index in [1.54, 1.807) is 0 Å². The Morgan fingerprint density at radius 2 is 0.875 bits per heavy atom. The fourth-order valence-electron chi connectivity index (χ4n) is 6.52. The average molecular weight is 682 g/mol. The van der Waals surface area contributed by atoms with Crippen molar-refractivity contribution >= 4 is 11.9 Å². The summed E-state index contributed by atoms with van der Waals surface area (Å²) >= 11 is 0. The highest BCUT2D eigenvalue weighted by atomic mass is 16.5. The van der Waals surface area contributed by atoms with E-state index in [1.165, 1.54) is 109 Å². The minimum Gasteiger partial charge on any atom is -0.466 e. The number of hydrogen-bond donors (Lipinski definition) is 1. The van der Waals surface area contributed by atoms with E-state index in [4.69, 9.17) is 9.47 Å². The number of rotatable bonds is 39. The third-order valence-electron chi connectivity index (χ3n) is 9.70. The van der Waals surface area contributed by atoms with Crippen LogP contribution in [0.15, 0.2) is 0 Å². The van der Waals surface area contributed by atoms with Crippen molar-refractivity contribution in [2.45, 2.75) is 226 Å². The summed E-state index contributed by atoms with van der Waals surface area (Å²) in [5.74, 6) is -0.0439. The Morgan fingerprint density at radius 1 is 0.479 bits per heavy atom.